The maximum atomic E-state index is 5.89. The fourth-order valence-corrected chi connectivity index (χ4v) is 4.36. The molecular formula is C18H25N3O2S. The Hall–Kier alpha value is -1.21. The van der Waals surface area contributed by atoms with Crippen LogP contribution in [0.2, 0.25) is 0 Å². The van der Waals surface area contributed by atoms with Crippen LogP contribution < -0.4 is 0 Å². The second-order valence-corrected chi connectivity index (χ2v) is 7.63. The Morgan fingerprint density at radius 3 is 2.96 bits per heavy atom. The molecule has 5 nitrogen and oxygen atoms in total. The molecule has 130 valence electrons. The van der Waals surface area contributed by atoms with Gasteiger partial charge in [0.15, 0.2) is 0 Å². The minimum atomic E-state index is 0.659. The van der Waals surface area contributed by atoms with Crippen LogP contribution in [0.5, 0.6) is 0 Å². The summed E-state index contributed by atoms with van der Waals surface area (Å²) in [6.45, 7) is 9.10. The average Bonchev–Trinajstić information content (AvgIpc) is 3.27. The van der Waals surface area contributed by atoms with Crippen molar-refractivity contribution < 1.29 is 9.15 Å². The van der Waals surface area contributed by atoms with E-state index < -0.39 is 0 Å². The molecule has 6 heteroatoms. The molecule has 0 radical (unpaired) electrons. The van der Waals surface area contributed by atoms with Crippen molar-refractivity contribution in [3.63, 3.8) is 0 Å². The molecule has 2 fully saturated rings. The molecular weight excluding hydrogens is 322 g/mol. The van der Waals surface area contributed by atoms with Gasteiger partial charge in [0, 0.05) is 32.2 Å². The van der Waals surface area contributed by atoms with Gasteiger partial charge in [-0.1, -0.05) is 6.07 Å². The molecule has 2 aromatic heterocycles. The molecule has 2 aromatic rings. The van der Waals surface area contributed by atoms with Crippen LogP contribution in [0.4, 0.5) is 0 Å². The first-order valence-corrected chi connectivity index (χ1v) is 9.72. The highest BCUT2D eigenvalue weighted by Crippen LogP contribution is 2.27. The van der Waals surface area contributed by atoms with Gasteiger partial charge in [0.25, 0.3) is 0 Å². The summed E-state index contributed by atoms with van der Waals surface area (Å²) in [7, 11) is 0. The number of thiophene rings is 1. The topological polar surface area (TPSA) is 41.7 Å². The minimum Gasteiger partial charge on any atom is -0.440 e. The van der Waals surface area contributed by atoms with E-state index in [4.69, 9.17) is 14.1 Å². The number of ether oxygens (including phenoxy) is 1. The average molecular weight is 347 g/mol. The molecule has 0 N–H and O–H groups in total. The Bertz CT molecular complexity index is 649. The van der Waals surface area contributed by atoms with Gasteiger partial charge >= 0.3 is 0 Å². The first-order chi connectivity index (χ1) is 11.8. The largest absolute Gasteiger partial charge is 0.440 e. The Kier molecular flexibility index (Phi) is 4.98. The third kappa shape index (κ3) is 3.57. The van der Waals surface area contributed by atoms with Crippen molar-refractivity contribution in [3.8, 4) is 10.8 Å². The van der Waals surface area contributed by atoms with Gasteiger partial charge in [-0.3, -0.25) is 9.80 Å². The predicted molar refractivity (Wildman–Crippen MR) is 95.2 cm³/mol. The molecule has 0 unspecified atom stereocenters. The van der Waals surface area contributed by atoms with E-state index >= 15 is 0 Å². The second kappa shape index (κ2) is 7.35. The van der Waals surface area contributed by atoms with Gasteiger partial charge in [-0.2, -0.15) is 0 Å². The van der Waals surface area contributed by atoms with E-state index in [0.717, 1.165) is 68.2 Å². The lowest BCUT2D eigenvalue weighted by Gasteiger charge is -2.40. The first-order valence-electron chi connectivity index (χ1n) is 8.84. The molecule has 24 heavy (non-hydrogen) atoms. The van der Waals surface area contributed by atoms with Crippen LogP contribution >= 0.6 is 11.3 Å². The summed E-state index contributed by atoms with van der Waals surface area (Å²) in [5.74, 6) is 1.71. The van der Waals surface area contributed by atoms with E-state index in [1.807, 2.05) is 13.0 Å². The van der Waals surface area contributed by atoms with E-state index in [-0.39, 0.29) is 0 Å². The number of piperidine rings is 1. The minimum absolute atomic E-state index is 0.659. The Morgan fingerprint density at radius 1 is 1.29 bits per heavy atom. The zero-order valence-electron chi connectivity index (χ0n) is 14.2. The van der Waals surface area contributed by atoms with Crippen LogP contribution in [0.3, 0.4) is 0 Å². The van der Waals surface area contributed by atoms with Gasteiger partial charge in [-0.15, -0.1) is 11.3 Å². The van der Waals surface area contributed by atoms with Crippen LogP contribution in [-0.2, 0) is 11.3 Å². The van der Waals surface area contributed by atoms with E-state index in [1.165, 1.54) is 12.8 Å². The zero-order chi connectivity index (χ0) is 16.4. The highest BCUT2D eigenvalue weighted by atomic mass is 32.1. The number of morpholine rings is 1. The van der Waals surface area contributed by atoms with Gasteiger partial charge in [0.05, 0.1) is 23.8 Å². The highest BCUT2D eigenvalue weighted by Gasteiger charge is 2.27. The van der Waals surface area contributed by atoms with Gasteiger partial charge in [0.1, 0.15) is 5.76 Å². The molecule has 0 amide bonds. The van der Waals surface area contributed by atoms with E-state index in [9.17, 15) is 0 Å². The Morgan fingerprint density at radius 2 is 2.17 bits per heavy atom. The summed E-state index contributed by atoms with van der Waals surface area (Å²) in [5.41, 5.74) is 1.08. The standard InChI is InChI=1S/C18H25N3O2S/c1-14-16(19-18(23-14)17-5-3-11-24-17)13-20-6-2-4-15(12-20)21-7-9-22-10-8-21/h3,5,11,15H,2,4,6-10,12-13H2,1H3/t15-/m0/s1. The summed E-state index contributed by atoms with van der Waals surface area (Å²) < 4.78 is 11.4. The monoisotopic (exact) mass is 347 g/mol. The molecule has 2 aliphatic rings. The molecule has 0 spiro atoms. The third-order valence-electron chi connectivity index (χ3n) is 5.04. The summed E-state index contributed by atoms with van der Waals surface area (Å²) in [6.07, 6.45) is 2.56. The van der Waals surface area contributed by atoms with Crippen molar-refractivity contribution in [1.82, 2.24) is 14.8 Å². The molecule has 1 atom stereocenters. The number of rotatable bonds is 4. The number of aromatic nitrogens is 1. The van der Waals surface area contributed by atoms with E-state index in [2.05, 4.69) is 21.2 Å². The van der Waals surface area contributed by atoms with Crippen molar-refractivity contribution >= 4 is 11.3 Å². The number of nitrogens with zero attached hydrogens (tertiary/aromatic N) is 3. The lowest BCUT2D eigenvalue weighted by Crippen LogP contribution is -2.51. The SMILES string of the molecule is Cc1oc(-c2cccs2)nc1CN1CCC[C@H](N2CCOCC2)C1. The molecule has 4 rings (SSSR count). The maximum Gasteiger partial charge on any atom is 0.236 e. The van der Waals surface area contributed by atoms with Crippen LogP contribution in [0.1, 0.15) is 24.3 Å². The van der Waals surface area contributed by atoms with E-state index in [0.29, 0.717) is 6.04 Å². The maximum absolute atomic E-state index is 5.89. The van der Waals surface area contributed by atoms with Crippen molar-refractivity contribution in [2.24, 2.45) is 0 Å². The van der Waals surface area contributed by atoms with Gasteiger partial charge in [0.2, 0.25) is 5.89 Å². The van der Waals surface area contributed by atoms with Gasteiger partial charge in [-0.25, -0.2) is 4.98 Å². The number of hydrogen-bond donors (Lipinski definition) is 0. The van der Waals surface area contributed by atoms with Crippen LogP contribution in [-0.4, -0.2) is 60.2 Å². The van der Waals surface area contributed by atoms with Crippen molar-refractivity contribution in [1.29, 1.82) is 0 Å². The fourth-order valence-electron chi connectivity index (χ4n) is 3.71. The van der Waals surface area contributed by atoms with Crippen LogP contribution in [0.25, 0.3) is 10.8 Å². The summed E-state index contributed by atoms with van der Waals surface area (Å²) in [5, 5.41) is 2.06. The summed E-state index contributed by atoms with van der Waals surface area (Å²) in [4.78, 5) is 11.0. The fraction of sp³-hybridized carbons (Fsp3) is 0.611. The Balaban J connectivity index is 1.41. The normalized spacial score (nSPS) is 23.6. The quantitative estimate of drug-likeness (QED) is 0.850. The van der Waals surface area contributed by atoms with Crippen molar-refractivity contribution in [2.75, 3.05) is 39.4 Å². The van der Waals surface area contributed by atoms with Gasteiger partial charge < -0.3 is 9.15 Å². The third-order valence-corrected chi connectivity index (χ3v) is 5.90. The number of hydrogen-bond acceptors (Lipinski definition) is 6. The molecule has 4 heterocycles. The summed E-state index contributed by atoms with van der Waals surface area (Å²) in [6, 6.07) is 4.76. The first kappa shape index (κ1) is 16.3. The molecule has 0 bridgehead atoms. The number of likely N-dealkylation sites (tertiary alicyclic amines) is 1. The smallest absolute Gasteiger partial charge is 0.236 e. The second-order valence-electron chi connectivity index (χ2n) is 6.68. The molecule has 2 aliphatic heterocycles. The summed E-state index contributed by atoms with van der Waals surface area (Å²) >= 11 is 1.67. The van der Waals surface area contributed by atoms with Gasteiger partial charge in [-0.05, 0) is 37.8 Å². The molecule has 0 aliphatic carbocycles. The lowest BCUT2D eigenvalue weighted by atomic mass is 10.0. The predicted octanol–water partition coefficient (Wildman–Crippen LogP) is 3.01. The van der Waals surface area contributed by atoms with Crippen molar-refractivity contribution in [2.45, 2.75) is 32.4 Å². The molecule has 0 saturated carbocycles. The highest BCUT2D eigenvalue weighted by molar-refractivity contribution is 7.13. The molecule has 0 aromatic carbocycles. The van der Waals surface area contributed by atoms with Crippen molar-refractivity contribution in [3.05, 3.63) is 29.0 Å². The van der Waals surface area contributed by atoms with Crippen LogP contribution in [0.15, 0.2) is 21.9 Å². The number of aryl methyl sites for hydroxylation is 1. The Labute approximate surface area is 147 Å². The lowest BCUT2D eigenvalue weighted by molar-refractivity contribution is -0.00374. The number of oxazole rings is 1. The van der Waals surface area contributed by atoms with Crippen LogP contribution in [0, 0.1) is 6.92 Å². The van der Waals surface area contributed by atoms with E-state index in [1.54, 1.807) is 11.3 Å². The molecule has 2 saturated heterocycles. The zero-order valence-corrected chi connectivity index (χ0v) is 15.1.